The monoisotopic (exact) mass is 238 g/mol. The number of carbonyl (C=O) groups excluding carboxylic acids is 1. The molecule has 0 heterocycles. The molecule has 0 bridgehead atoms. The third-order valence-corrected chi connectivity index (χ3v) is 4.21. The van der Waals surface area contributed by atoms with Crippen molar-refractivity contribution in [3.63, 3.8) is 0 Å². The Labute approximate surface area is 99.8 Å². The molecule has 2 rings (SSSR count). The van der Waals surface area contributed by atoms with Crippen LogP contribution in [0.4, 0.5) is 8.78 Å². The second kappa shape index (κ2) is 4.21. The third kappa shape index (κ3) is 1.68. The fraction of sp³-hybridized carbons (Fsp3) is 0.500. The van der Waals surface area contributed by atoms with Gasteiger partial charge in [-0.15, -0.1) is 0 Å². The maximum Gasteiger partial charge on any atom is 0.140 e. The molecule has 17 heavy (non-hydrogen) atoms. The first-order chi connectivity index (χ1) is 8.05. The predicted octanol–water partition coefficient (Wildman–Crippen LogP) is 3.83. The number of benzene rings is 1. The molecule has 1 aliphatic rings. The number of halogens is 2. The summed E-state index contributed by atoms with van der Waals surface area (Å²) in [6.07, 6.45) is 1.70. The molecule has 0 aromatic heterocycles. The second-order valence-corrected chi connectivity index (χ2v) is 4.71. The largest absolute Gasteiger partial charge is 0.299 e. The van der Waals surface area contributed by atoms with Crippen molar-refractivity contribution in [1.82, 2.24) is 0 Å². The molecule has 0 amide bonds. The molecule has 1 aromatic rings. The Morgan fingerprint density at radius 1 is 1.29 bits per heavy atom. The summed E-state index contributed by atoms with van der Waals surface area (Å²) in [6.45, 7) is 3.87. The molecule has 1 unspecified atom stereocenters. The molecular formula is C14H16F2O. The highest BCUT2D eigenvalue weighted by Crippen LogP contribution is 2.54. The van der Waals surface area contributed by atoms with Crippen molar-refractivity contribution in [3.05, 3.63) is 35.4 Å². The molecule has 0 radical (unpaired) electrons. The maximum atomic E-state index is 13.7. The van der Waals surface area contributed by atoms with E-state index in [1.165, 1.54) is 6.07 Å². The first-order valence-corrected chi connectivity index (χ1v) is 6.03. The van der Waals surface area contributed by atoms with Gasteiger partial charge in [-0.1, -0.05) is 13.8 Å². The normalized spacial score (nSPS) is 22.4. The lowest BCUT2D eigenvalue weighted by Gasteiger charge is -2.47. The van der Waals surface area contributed by atoms with Gasteiger partial charge in [0, 0.05) is 17.8 Å². The summed E-state index contributed by atoms with van der Waals surface area (Å²) in [4.78, 5) is 11.8. The molecule has 92 valence electrons. The topological polar surface area (TPSA) is 17.1 Å². The van der Waals surface area contributed by atoms with E-state index in [4.69, 9.17) is 0 Å². The van der Waals surface area contributed by atoms with Gasteiger partial charge in [-0.3, -0.25) is 4.79 Å². The standard InChI is InChI=1S/C14H16F2O/c1-3-14(4-2)11(8-13(14)17)10-7-9(15)5-6-12(10)16/h5-7,11H,3-4,8H2,1-2H3. The van der Waals surface area contributed by atoms with E-state index in [1.54, 1.807) is 0 Å². The molecule has 0 N–H and O–H groups in total. The Balaban J connectivity index is 2.41. The highest BCUT2D eigenvalue weighted by Gasteiger charge is 2.53. The summed E-state index contributed by atoms with van der Waals surface area (Å²) in [5.41, 5.74) is -0.123. The highest BCUT2D eigenvalue weighted by atomic mass is 19.1. The maximum absolute atomic E-state index is 13.7. The molecule has 1 aliphatic carbocycles. The summed E-state index contributed by atoms with van der Waals surface area (Å²) >= 11 is 0. The van der Waals surface area contributed by atoms with E-state index in [-0.39, 0.29) is 11.7 Å². The van der Waals surface area contributed by atoms with Crippen LogP contribution in [0.5, 0.6) is 0 Å². The smallest absolute Gasteiger partial charge is 0.140 e. The summed E-state index contributed by atoms with van der Waals surface area (Å²) in [5, 5.41) is 0. The van der Waals surface area contributed by atoms with Gasteiger partial charge in [0.25, 0.3) is 0 Å². The fourth-order valence-corrected chi connectivity index (χ4v) is 2.97. The lowest BCUT2D eigenvalue weighted by molar-refractivity contribution is -0.141. The quantitative estimate of drug-likeness (QED) is 0.782. The van der Waals surface area contributed by atoms with E-state index < -0.39 is 17.0 Å². The van der Waals surface area contributed by atoms with Crippen molar-refractivity contribution in [2.45, 2.75) is 39.0 Å². The number of Topliss-reactive ketones (excluding diaryl/α,β-unsaturated/α-hetero) is 1. The number of ketones is 1. The van der Waals surface area contributed by atoms with Crippen LogP contribution in [0, 0.1) is 17.0 Å². The van der Waals surface area contributed by atoms with E-state index in [9.17, 15) is 13.6 Å². The Kier molecular flexibility index (Phi) is 3.02. The fourth-order valence-electron chi connectivity index (χ4n) is 2.97. The third-order valence-electron chi connectivity index (χ3n) is 4.21. The van der Waals surface area contributed by atoms with E-state index in [0.717, 1.165) is 12.1 Å². The van der Waals surface area contributed by atoms with Gasteiger partial charge in [0.05, 0.1) is 0 Å². The van der Waals surface area contributed by atoms with E-state index >= 15 is 0 Å². The van der Waals surface area contributed by atoms with Gasteiger partial charge < -0.3 is 0 Å². The molecule has 1 saturated carbocycles. The van der Waals surface area contributed by atoms with Crippen LogP contribution in [-0.2, 0) is 4.79 Å². The van der Waals surface area contributed by atoms with Crippen LogP contribution in [0.2, 0.25) is 0 Å². The molecule has 0 aliphatic heterocycles. The van der Waals surface area contributed by atoms with Crippen LogP contribution in [0.1, 0.15) is 44.6 Å². The van der Waals surface area contributed by atoms with Crippen molar-refractivity contribution >= 4 is 5.78 Å². The van der Waals surface area contributed by atoms with Crippen molar-refractivity contribution < 1.29 is 13.6 Å². The van der Waals surface area contributed by atoms with Crippen molar-refractivity contribution in [2.24, 2.45) is 5.41 Å². The summed E-state index contributed by atoms with van der Waals surface area (Å²) in [6, 6.07) is 3.48. The van der Waals surface area contributed by atoms with Crippen LogP contribution in [0.3, 0.4) is 0 Å². The van der Waals surface area contributed by atoms with Gasteiger partial charge in [0.1, 0.15) is 17.4 Å². The molecule has 0 saturated heterocycles. The van der Waals surface area contributed by atoms with Gasteiger partial charge in [-0.2, -0.15) is 0 Å². The van der Waals surface area contributed by atoms with Gasteiger partial charge >= 0.3 is 0 Å². The zero-order chi connectivity index (χ0) is 12.6. The minimum Gasteiger partial charge on any atom is -0.299 e. The summed E-state index contributed by atoms with van der Waals surface area (Å²) in [7, 11) is 0. The first-order valence-electron chi connectivity index (χ1n) is 6.03. The van der Waals surface area contributed by atoms with Crippen molar-refractivity contribution in [3.8, 4) is 0 Å². The lowest BCUT2D eigenvalue weighted by atomic mass is 9.54. The van der Waals surface area contributed by atoms with Crippen LogP contribution in [0.25, 0.3) is 0 Å². The van der Waals surface area contributed by atoms with E-state index in [1.807, 2.05) is 13.8 Å². The Morgan fingerprint density at radius 2 is 1.94 bits per heavy atom. The van der Waals surface area contributed by atoms with Crippen molar-refractivity contribution in [2.75, 3.05) is 0 Å². The Bertz CT molecular complexity index is 450. The number of hydrogen-bond acceptors (Lipinski definition) is 1. The zero-order valence-corrected chi connectivity index (χ0v) is 10.1. The van der Waals surface area contributed by atoms with Gasteiger partial charge in [-0.05, 0) is 36.6 Å². The van der Waals surface area contributed by atoms with Crippen LogP contribution in [-0.4, -0.2) is 5.78 Å². The average Bonchev–Trinajstić information content (AvgIpc) is 2.31. The van der Waals surface area contributed by atoms with E-state index in [0.29, 0.717) is 24.8 Å². The minimum absolute atomic E-state index is 0.166. The second-order valence-electron chi connectivity index (χ2n) is 4.71. The SMILES string of the molecule is CCC1(CC)C(=O)CC1c1cc(F)ccc1F. The lowest BCUT2D eigenvalue weighted by Crippen LogP contribution is -2.47. The summed E-state index contributed by atoms with van der Waals surface area (Å²) in [5.74, 6) is -0.839. The van der Waals surface area contributed by atoms with Crippen molar-refractivity contribution in [1.29, 1.82) is 0 Å². The minimum atomic E-state index is -0.478. The van der Waals surface area contributed by atoms with Gasteiger partial charge in [-0.25, -0.2) is 8.78 Å². The van der Waals surface area contributed by atoms with Gasteiger partial charge in [0.2, 0.25) is 0 Å². The molecule has 1 atom stereocenters. The van der Waals surface area contributed by atoms with E-state index in [2.05, 4.69) is 0 Å². The van der Waals surface area contributed by atoms with Gasteiger partial charge in [0.15, 0.2) is 0 Å². The summed E-state index contributed by atoms with van der Waals surface area (Å²) < 4.78 is 26.9. The molecule has 1 aromatic carbocycles. The highest BCUT2D eigenvalue weighted by molar-refractivity contribution is 5.93. The van der Waals surface area contributed by atoms with Crippen LogP contribution >= 0.6 is 0 Å². The molecule has 1 nitrogen and oxygen atoms in total. The Morgan fingerprint density at radius 3 is 2.47 bits per heavy atom. The van der Waals surface area contributed by atoms with Crippen LogP contribution in [0.15, 0.2) is 18.2 Å². The number of carbonyl (C=O) groups is 1. The molecule has 0 spiro atoms. The molecular weight excluding hydrogens is 222 g/mol. The zero-order valence-electron chi connectivity index (χ0n) is 10.1. The Hall–Kier alpha value is -1.25. The number of rotatable bonds is 3. The average molecular weight is 238 g/mol. The predicted molar refractivity (Wildman–Crippen MR) is 61.7 cm³/mol. The first kappa shape index (κ1) is 12.2. The molecule has 1 fully saturated rings. The van der Waals surface area contributed by atoms with Crippen LogP contribution < -0.4 is 0 Å². The number of hydrogen-bond donors (Lipinski definition) is 0. The molecule has 3 heteroatoms.